The molecule has 0 amide bonds. The highest BCUT2D eigenvalue weighted by Crippen LogP contribution is 2.52. The van der Waals surface area contributed by atoms with Crippen molar-refractivity contribution < 1.29 is 14.3 Å². The van der Waals surface area contributed by atoms with Crippen LogP contribution in [0, 0.1) is 23.6 Å². The van der Waals surface area contributed by atoms with E-state index in [-0.39, 0.29) is 17.9 Å². The first-order chi connectivity index (χ1) is 15.0. The number of nitrogens with zero attached hydrogens (tertiary/aromatic N) is 4. The number of carbonyl (C=O) groups is 1. The van der Waals surface area contributed by atoms with Crippen LogP contribution < -0.4 is 0 Å². The number of pyridine rings is 1. The van der Waals surface area contributed by atoms with E-state index >= 15 is 0 Å². The van der Waals surface area contributed by atoms with Crippen LogP contribution >= 0.6 is 11.6 Å². The highest BCUT2D eigenvalue weighted by atomic mass is 35.5. The van der Waals surface area contributed by atoms with Crippen molar-refractivity contribution in [3.63, 3.8) is 0 Å². The van der Waals surface area contributed by atoms with Crippen LogP contribution in [-0.2, 0) is 4.79 Å². The number of fused-ring (bicyclic) bond motifs is 5. The number of rotatable bonds is 3. The zero-order valence-electron chi connectivity index (χ0n) is 16.4. The lowest BCUT2D eigenvalue weighted by Crippen LogP contribution is -2.44. The molecule has 0 saturated heterocycles. The summed E-state index contributed by atoms with van der Waals surface area (Å²) in [6, 6.07) is 1.21. The Morgan fingerprint density at radius 2 is 1.94 bits per heavy atom. The SMILES string of the molecule is O=C(O)C1C2CCC(CC2)C1n1cc(Cl)c2cnc(-c3c[nH]c4ncc(F)cc34)nc21. The summed E-state index contributed by atoms with van der Waals surface area (Å²) >= 11 is 6.51. The fourth-order valence-corrected chi connectivity index (χ4v) is 5.91. The van der Waals surface area contributed by atoms with E-state index in [0.29, 0.717) is 38.5 Å². The average Bonchev–Trinajstić information content (AvgIpc) is 3.34. The van der Waals surface area contributed by atoms with Gasteiger partial charge in [0.05, 0.1) is 28.6 Å². The van der Waals surface area contributed by atoms with Gasteiger partial charge in [0.15, 0.2) is 5.82 Å². The molecule has 0 radical (unpaired) electrons. The van der Waals surface area contributed by atoms with Gasteiger partial charge in [-0.05, 0) is 43.6 Å². The van der Waals surface area contributed by atoms with E-state index in [9.17, 15) is 14.3 Å². The quantitative estimate of drug-likeness (QED) is 0.476. The molecule has 7 nitrogen and oxygen atoms in total. The Bertz CT molecular complexity index is 1340. The molecule has 0 aliphatic heterocycles. The standard InChI is InChI=1S/C22H19ClFN5O2/c23-16-9-29(18-11-3-1-10(2-4-11)17(18)22(30)31)21-15(16)8-27-20(28-21)14-7-26-19-13(14)5-12(24)6-25-19/h5-11,17-18H,1-4H2,(H,25,26)(H,30,31). The fourth-order valence-electron chi connectivity index (χ4n) is 5.68. The van der Waals surface area contributed by atoms with Gasteiger partial charge in [-0.15, -0.1) is 0 Å². The maximum atomic E-state index is 13.8. The summed E-state index contributed by atoms with van der Waals surface area (Å²) in [5.41, 5.74) is 1.79. The van der Waals surface area contributed by atoms with Crippen molar-refractivity contribution in [3.8, 4) is 11.4 Å². The zero-order chi connectivity index (χ0) is 21.3. The Kier molecular flexibility index (Phi) is 4.08. The second-order valence-electron chi connectivity index (χ2n) is 8.60. The summed E-state index contributed by atoms with van der Waals surface area (Å²) in [4.78, 5) is 28.5. The molecular weight excluding hydrogens is 421 g/mol. The molecule has 3 aliphatic carbocycles. The number of carboxylic acid groups (broad SMARTS) is 1. The van der Waals surface area contributed by atoms with E-state index in [0.717, 1.165) is 31.9 Å². The van der Waals surface area contributed by atoms with E-state index in [4.69, 9.17) is 16.6 Å². The van der Waals surface area contributed by atoms with Crippen molar-refractivity contribution >= 4 is 39.6 Å². The molecule has 9 heteroatoms. The topological polar surface area (TPSA) is 96.7 Å². The number of hydrogen-bond acceptors (Lipinski definition) is 4. The predicted molar refractivity (Wildman–Crippen MR) is 113 cm³/mol. The minimum Gasteiger partial charge on any atom is -0.481 e. The predicted octanol–water partition coefficient (Wildman–Crippen LogP) is 4.83. The maximum Gasteiger partial charge on any atom is 0.308 e. The van der Waals surface area contributed by atoms with Crippen LogP contribution in [-0.4, -0.2) is 35.6 Å². The summed E-state index contributed by atoms with van der Waals surface area (Å²) in [5, 5.41) is 11.8. The summed E-state index contributed by atoms with van der Waals surface area (Å²) in [6.07, 6.45) is 10.3. The lowest BCUT2D eigenvalue weighted by atomic mass is 9.61. The third-order valence-corrected chi connectivity index (χ3v) is 7.34. The van der Waals surface area contributed by atoms with Crippen LogP contribution in [0.5, 0.6) is 0 Å². The van der Waals surface area contributed by atoms with Crippen LogP contribution in [0.3, 0.4) is 0 Å². The third kappa shape index (κ3) is 2.77. The Balaban J connectivity index is 1.53. The first-order valence-corrected chi connectivity index (χ1v) is 10.8. The molecule has 3 fully saturated rings. The van der Waals surface area contributed by atoms with Crippen LogP contribution in [0.25, 0.3) is 33.5 Å². The molecule has 2 bridgehead atoms. The molecule has 2 unspecified atom stereocenters. The van der Waals surface area contributed by atoms with Gasteiger partial charge >= 0.3 is 5.97 Å². The highest BCUT2D eigenvalue weighted by Gasteiger charge is 2.48. The average molecular weight is 440 g/mol. The van der Waals surface area contributed by atoms with Crippen LogP contribution in [0.15, 0.2) is 30.9 Å². The number of nitrogens with one attached hydrogen (secondary N) is 1. The minimum atomic E-state index is -0.759. The van der Waals surface area contributed by atoms with Crippen LogP contribution in [0.4, 0.5) is 4.39 Å². The summed E-state index contributed by atoms with van der Waals surface area (Å²) in [7, 11) is 0. The molecule has 7 rings (SSSR count). The van der Waals surface area contributed by atoms with Gasteiger partial charge in [-0.1, -0.05) is 11.6 Å². The van der Waals surface area contributed by atoms with E-state index in [2.05, 4.69) is 15.0 Å². The van der Waals surface area contributed by atoms with E-state index in [1.54, 1.807) is 18.6 Å². The molecule has 3 aliphatic rings. The second-order valence-corrected chi connectivity index (χ2v) is 9.00. The van der Waals surface area contributed by atoms with Gasteiger partial charge in [0.2, 0.25) is 0 Å². The Hall–Kier alpha value is -3.00. The molecular formula is C22H19ClFN5O2. The zero-order valence-corrected chi connectivity index (χ0v) is 17.2. The summed E-state index contributed by atoms with van der Waals surface area (Å²) < 4.78 is 15.7. The van der Waals surface area contributed by atoms with Crippen LogP contribution in [0.1, 0.15) is 31.7 Å². The molecule has 3 saturated carbocycles. The monoisotopic (exact) mass is 439 g/mol. The van der Waals surface area contributed by atoms with E-state index in [1.807, 2.05) is 4.57 Å². The largest absolute Gasteiger partial charge is 0.481 e. The van der Waals surface area contributed by atoms with Gasteiger partial charge in [0.1, 0.15) is 17.1 Å². The molecule has 0 spiro atoms. The molecule has 2 atom stereocenters. The molecule has 4 heterocycles. The molecule has 2 N–H and O–H groups in total. The van der Waals surface area contributed by atoms with Gasteiger partial charge in [0, 0.05) is 29.5 Å². The number of H-pyrrole nitrogens is 1. The van der Waals surface area contributed by atoms with Crippen molar-refractivity contribution in [3.05, 3.63) is 41.7 Å². The molecule has 31 heavy (non-hydrogen) atoms. The van der Waals surface area contributed by atoms with Crippen molar-refractivity contribution in [1.29, 1.82) is 0 Å². The van der Waals surface area contributed by atoms with Crippen molar-refractivity contribution in [1.82, 2.24) is 24.5 Å². The molecule has 4 aromatic heterocycles. The number of carboxylic acids is 1. The Labute approximate surface area is 181 Å². The van der Waals surface area contributed by atoms with Gasteiger partial charge in [0.25, 0.3) is 0 Å². The molecule has 0 aromatic carbocycles. The highest BCUT2D eigenvalue weighted by molar-refractivity contribution is 6.35. The minimum absolute atomic E-state index is 0.174. The number of aromatic amines is 1. The summed E-state index contributed by atoms with van der Waals surface area (Å²) in [6.45, 7) is 0. The third-order valence-electron chi connectivity index (χ3n) is 7.04. The molecule has 158 valence electrons. The van der Waals surface area contributed by atoms with Crippen molar-refractivity contribution in [2.24, 2.45) is 17.8 Å². The van der Waals surface area contributed by atoms with Crippen molar-refractivity contribution in [2.75, 3.05) is 0 Å². The number of aromatic nitrogens is 5. The number of aliphatic carboxylic acids is 1. The number of hydrogen-bond donors (Lipinski definition) is 2. The second kappa shape index (κ2) is 6.75. The Morgan fingerprint density at radius 3 is 2.71 bits per heavy atom. The first-order valence-electron chi connectivity index (χ1n) is 10.4. The first kappa shape index (κ1) is 18.7. The lowest BCUT2D eigenvalue weighted by molar-refractivity contribution is -0.151. The smallest absolute Gasteiger partial charge is 0.308 e. The van der Waals surface area contributed by atoms with Crippen LogP contribution in [0.2, 0.25) is 5.02 Å². The van der Waals surface area contributed by atoms with E-state index in [1.165, 1.54) is 6.07 Å². The van der Waals surface area contributed by atoms with E-state index < -0.39 is 17.7 Å². The normalized spacial score (nSPS) is 25.5. The van der Waals surface area contributed by atoms with Crippen molar-refractivity contribution in [2.45, 2.75) is 31.7 Å². The lowest BCUT2D eigenvalue weighted by Gasteiger charge is -2.47. The van der Waals surface area contributed by atoms with Gasteiger partial charge in [-0.2, -0.15) is 0 Å². The van der Waals surface area contributed by atoms with Gasteiger partial charge < -0.3 is 14.7 Å². The van der Waals surface area contributed by atoms with Gasteiger partial charge in [-0.25, -0.2) is 19.3 Å². The fraction of sp³-hybridized carbons (Fsp3) is 0.364. The molecule has 4 aromatic rings. The summed E-state index contributed by atoms with van der Waals surface area (Å²) in [5.74, 6) is -0.789. The Morgan fingerprint density at radius 1 is 1.16 bits per heavy atom. The maximum absolute atomic E-state index is 13.8. The number of halogens is 2. The van der Waals surface area contributed by atoms with Gasteiger partial charge in [-0.3, -0.25) is 4.79 Å².